The molecule has 1 rings (SSSR count). The van der Waals surface area contributed by atoms with Crippen molar-refractivity contribution in [2.24, 2.45) is 0 Å². The molecule has 0 fully saturated rings. The summed E-state index contributed by atoms with van der Waals surface area (Å²) >= 11 is 5.79. The number of hydrogen-bond acceptors (Lipinski definition) is 2. The van der Waals surface area contributed by atoms with Gasteiger partial charge in [-0.2, -0.15) is 0 Å². The Hall–Kier alpha value is -1.09. The predicted molar refractivity (Wildman–Crippen MR) is 56.5 cm³/mol. The molecule has 0 saturated carbocycles. The zero-order valence-electron chi connectivity index (χ0n) is 8.64. The van der Waals surface area contributed by atoms with E-state index >= 15 is 0 Å². The number of halogens is 2. The lowest BCUT2D eigenvalue weighted by atomic mass is 10.1. The minimum Gasteiger partial charge on any atom is -0.466 e. The lowest BCUT2D eigenvalue weighted by Crippen LogP contribution is -2.07. The third-order valence-corrected chi connectivity index (χ3v) is 2.39. The molecule has 0 amide bonds. The Labute approximate surface area is 93.0 Å². The Morgan fingerprint density at radius 3 is 2.73 bits per heavy atom. The van der Waals surface area contributed by atoms with E-state index in [1.54, 1.807) is 19.9 Å². The first-order chi connectivity index (χ1) is 7.04. The number of carbonyl (C=O) groups excluding carboxylic acids is 1. The maximum Gasteiger partial charge on any atom is 0.310 e. The van der Waals surface area contributed by atoms with Crippen molar-refractivity contribution in [2.45, 2.75) is 20.3 Å². The van der Waals surface area contributed by atoms with Crippen molar-refractivity contribution in [1.82, 2.24) is 0 Å². The van der Waals surface area contributed by atoms with E-state index in [0.29, 0.717) is 22.8 Å². The van der Waals surface area contributed by atoms with Crippen molar-refractivity contribution in [3.8, 4) is 0 Å². The maximum absolute atomic E-state index is 13.2. The summed E-state index contributed by atoms with van der Waals surface area (Å²) in [5.74, 6) is -0.779. The summed E-state index contributed by atoms with van der Waals surface area (Å²) in [6, 6.07) is 2.88. The van der Waals surface area contributed by atoms with Crippen molar-refractivity contribution in [3.63, 3.8) is 0 Å². The molecule has 0 aromatic heterocycles. The molecule has 0 spiro atoms. The van der Waals surface area contributed by atoms with Gasteiger partial charge in [-0.3, -0.25) is 4.79 Å². The third-order valence-electron chi connectivity index (χ3n) is 1.99. The highest BCUT2D eigenvalue weighted by Gasteiger charge is 2.09. The summed E-state index contributed by atoms with van der Waals surface area (Å²) in [4.78, 5) is 11.1. The summed E-state index contributed by atoms with van der Waals surface area (Å²) in [5.41, 5.74) is 0.922. The van der Waals surface area contributed by atoms with E-state index in [9.17, 15) is 9.18 Å². The molecule has 0 aliphatic heterocycles. The number of rotatable bonds is 3. The van der Waals surface area contributed by atoms with Crippen LogP contribution < -0.4 is 0 Å². The van der Waals surface area contributed by atoms with Gasteiger partial charge in [0.2, 0.25) is 0 Å². The standard InChI is InChI=1S/C11H12ClFO2/c1-3-15-11(14)6-8-4-9(12)7(2)10(13)5-8/h4-5H,3,6H2,1-2H3. The first-order valence-electron chi connectivity index (χ1n) is 4.64. The minimum absolute atomic E-state index is 0.0464. The summed E-state index contributed by atoms with van der Waals surface area (Å²) in [6.45, 7) is 3.63. The van der Waals surface area contributed by atoms with E-state index < -0.39 is 5.82 Å². The highest BCUT2D eigenvalue weighted by molar-refractivity contribution is 6.31. The molecule has 2 nitrogen and oxygen atoms in total. The number of hydrogen-bond donors (Lipinski definition) is 0. The van der Waals surface area contributed by atoms with Gasteiger partial charge in [0, 0.05) is 10.6 Å². The average molecular weight is 231 g/mol. The molecule has 1 aromatic rings. The Morgan fingerprint density at radius 2 is 2.20 bits per heavy atom. The Balaban J connectivity index is 2.83. The molecule has 4 heteroatoms. The topological polar surface area (TPSA) is 26.3 Å². The number of carbonyl (C=O) groups is 1. The van der Waals surface area contributed by atoms with Crippen LogP contribution in [0.3, 0.4) is 0 Å². The first-order valence-corrected chi connectivity index (χ1v) is 5.02. The first kappa shape index (κ1) is 12.0. The Bertz CT molecular complexity index is 354. The quantitative estimate of drug-likeness (QED) is 0.747. The van der Waals surface area contributed by atoms with Gasteiger partial charge in [-0.15, -0.1) is 0 Å². The van der Waals surface area contributed by atoms with Crippen molar-refractivity contribution < 1.29 is 13.9 Å². The molecule has 0 unspecified atom stereocenters. The fourth-order valence-electron chi connectivity index (χ4n) is 1.18. The second kappa shape index (κ2) is 5.12. The van der Waals surface area contributed by atoms with Gasteiger partial charge in [-0.1, -0.05) is 11.6 Å². The normalized spacial score (nSPS) is 10.1. The molecule has 0 radical (unpaired) electrons. The minimum atomic E-state index is -0.401. The van der Waals surface area contributed by atoms with Crippen LogP contribution in [0, 0.1) is 12.7 Å². The van der Waals surface area contributed by atoms with Gasteiger partial charge in [0.15, 0.2) is 0 Å². The fraction of sp³-hybridized carbons (Fsp3) is 0.364. The van der Waals surface area contributed by atoms with Gasteiger partial charge in [0.25, 0.3) is 0 Å². The molecule has 0 N–H and O–H groups in total. The zero-order chi connectivity index (χ0) is 11.4. The van der Waals surface area contributed by atoms with E-state index in [-0.39, 0.29) is 12.4 Å². The molecule has 0 bridgehead atoms. The summed E-state index contributed by atoms with van der Waals surface area (Å²) in [5, 5.41) is 0.328. The van der Waals surface area contributed by atoms with E-state index in [2.05, 4.69) is 0 Å². The van der Waals surface area contributed by atoms with E-state index in [0.717, 1.165) is 0 Å². The Morgan fingerprint density at radius 1 is 1.53 bits per heavy atom. The largest absolute Gasteiger partial charge is 0.466 e. The van der Waals surface area contributed by atoms with Crippen LogP contribution >= 0.6 is 11.6 Å². The molecule has 0 saturated heterocycles. The van der Waals surface area contributed by atoms with Crippen LogP contribution in [0.5, 0.6) is 0 Å². The van der Waals surface area contributed by atoms with Crippen LogP contribution in [0.15, 0.2) is 12.1 Å². The molecule has 82 valence electrons. The maximum atomic E-state index is 13.2. The van der Waals surface area contributed by atoms with Crippen molar-refractivity contribution in [1.29, 1.82) is 0 Å². The SMILES string of the molecule is CCOC(=O)Cc1cc(F)c(C)c(Cl)c1. The molecule has 0 aliphatic carbocycles. The van der Waals surface area contributed by atoms with Crippen LogP contribution in [0.2, 0.25) is 5.02 Å². The third kappa shape index (κ3) is 3.20. The fourth-order valence-corrected chi connectivity index (χ4v) is 1.41. The number of ether oxygens (including phenoxy) is 1. The van der Waals surface area contributed by atoms with Crippen molar-refractivity contribution in [3.05, 3.63) is 34.1 Å². The van der Waals surface area contributed by atoms with Gasteiger partial charge in [0.1, 0.15) is 5.82 Å². The molecule has 1 aromatic carbocycles. The van der Waals surface area contributed by atoms with Crippen LogP contribution in [0.1, 0.15) is 18.1 Å². The Kier molecular flexibility index (Phi) is 4.09. The predicted octanol–water partition coefficient (Wildman–Crippen LogP) is 2.89. The van der Waals surface area contributed by atoms with Crippen LogP contribution in [0.4, 0.5) is 4.39 Å². The average Bonchev–Trinajstić information content (AvgIpc) is 2.14. The van der Waals surface area contributed by atoms with Gasteiger partial charge in [-0.25, -0.2) is 4.39 Å². The summed E-state index contributed by atoms with van der Waals surface area (Å²) in [6.07, 6.45) is 0.0464. The monoisotopic (exact) mass is 230 g/mol. The summed E-state index contributed by atoms with van der Waals surface area (Å²) in [7, 11) is 0. The molecule has 0 heterocycles. The molecule has 15 heavy (non-hydrogen) atoms. The second-order valence-electron chi connectivity index (χ2n) is 3.17. The zero-order valence-corrected chi connectivity index (χ0v) is 9.40. The van der Waals surface area contributed by atoms with Crippen LogP contribution in [-0.4, -0.2) is 12.6 Å². The lowest BCUT2D eigenvalue weighted by Gasteiger charge is -2.05. The van der Waals surface area contributed by atoms with Crippen molar-refractivity contribution >= 4 is 17.6 Å². The smallest absolute Gasteiger partial charge is 0.310 e. The van der Waals surface area contributed by atoms with E-state index in [1.807, 2.05) is 0 Å². The van der Waals surface area contributed by atoms with E-state index in [4.69, 9.17) is 16.3 Å². The molecular weight excluding hydrogens is 219 g/mol. The number of esters is 1. The molecule has 0 atom stereocenters. The molecule has 0 aliphatic rings. The van der Waals surface area contributed by atoms with Gasteiger partial charge < -0.3 is 4.74 Å². The van der Waals surface area contributed by atoms with Gasteiger partial charge in [0.05, 0.1) is 13.0 Å². The van der Waals surface area contributed by atoms with Gasteiger partial charge >= 0.3 is 5.97 Å². The lowest BCUT2D eigenvalue weighted by molar-refractivity contribution is -0.142. The highest BCUT2D eigenvalue weighted by Crippen LogP contribution is 2.20. The number of benzene rings is 1. The van der Waals surface area contributed by atoms with Gasteiger partial charge in [-0.05, 0) is 31.5 Å². The van der Waals surface area contributed by atoms with Crippen molar-refractivity contribution in [2.75, 3.05) is 6.61 Å². The second-order valence-corrected chi connectivity index (χ2v) is 3.57. The molecular formula is C11H12ClFO2. The summed E-state index contributed by atoms with van der Waals surface area (Å²) < 4.78 is 18.0. The highest BCUT2D eigenvalue weighted by atomic mass is 35.5. The van der Waals surface area contributed by atoms with E-state index in [1.165, 1.54) is 6.07 Å². The van der Waals surface area contributed by atoms with Crippen LogP contribution in [0.25, 0.3) is 0 Å². The van der Waals surface area contributed by atoms with Crippen LogP contribution in [-0.2, 0) is 16.0 Å².